The van der Waals surface area contributed by atoms with Crippen molar-refractivity contribution in [1.29, 1.82) is 0 Å². The third-order valence-corrected chi connectivity index (χ3v) is 7.56. The quantitative estimate of drug-likeness (QED) is 0.0290. The zero-order valence-corrected chi connectivity index (χ0v) is 26.9. The highest BCUT2D eigenvalue weighted by Gasteiger charge is 2.16. The van der Waals surface area contributed by atoms with Gasteiger partial charge in [0.25, 0.3) is 0 Å². The second-order valence-corrected chi connectivity index (χ2v) is 10.9. The van der Waals surface area contributed by atoms with Crippen LogP contribution in [0.2, 0.25) is 0 Å². The van der Waals surface area contributed by atoms with E-state index in [-0.39, 0.29) is 12.4 Å². The van der Waals surface area contributed by atoms with Gasteiger partial charge in [0.2, 0.25) is 0 Å². The summed E-state index contributed by atoms with van der Waals surface area (Å²) < 4.78 is 26.9. The Labute approximate surface area is 283 Å². The van der Waals surface area contributed by atoms with Gasteiger partial charge in [-0.05, 0) is 125 Å². The number of rotatable bonds is 14. The predicted molar refractivity (Wildman–Crippen MR) is 185 cm³/mol. The molecule has 0 amide bonds. The molecule has 0 aliphatic rings. The van der Waals surface area contributed by atoms with Gasteiger partial charge in [-0.1, -0.05) is 32.2 Å². The van der Waals surface area contributed by atoms with Crippen molar-refractivity contribution in [2.45, 2.75) is 32.6 Å². The van der Waals surface area contributed by atoms with E-state index in [0.29, 0.717) is 65.6 Å². The lowest BCUT2D eigenvalue weighted by molar-refractivity contribution is -0.138. The number of fused-ring (bicyclic) bond motifs is 2. The fourth-order valence-electron chi connectivity index (χ4n) is 5.05. The van der Waals surface area contributed by atoms with E-state index >= 15 is 0 Å². The third kappa shape index (κ3) is 8.99. The molecular weight excluding hydrogens is 624 g/mol. The molecule has 0 aliphatic carbocycles. The fourth-order valence-corrected chi connectivity index (χ4v) is 5.05. The summed E-state index contributed by atoms with van der Waals surface area (Å²) in [6.07, 6.45) is 4.33. The molecule has 5 aromatic carbocycles. The minimum atomic E-state index is -0.555. The molecule has 0 heterocycles. The lowest BCUT2D eigenvalue weighted by atomic mass is 10.0. The van der Waals surface area contributed by atoms with Crippen LogP contribution in [0.4, 0.5) is 0 Å². The molecule has 0 atom stereocenters. The SMILES string of the molecule is C=COC(=O)CCCCOc1ccc(OC(=O)c2ccc(OC(=O)c3ccc4cc5cc(OC(=O)C=C)ccc5cc4c3)c(CC)c2)cc1. The smallest absolute Gasteiger partial charge is 0.343 e. The van der Waals surface area contributed by atoms with E-state index in [1.807, 2.05) is 31.2 Å². The van der Waals surface area contributed by atoms with Gasteiger partial charge in [-0.2, -0.15) is 0 Å². The number of unbranched alkanes of at least 4 members (excludes halogenated alkanes) is 1. The van der Waals surface area contributed by atoms with Crippen LogP contribution < -0.4 is 18.9 Å². The number of carbonyl (C=O) groups is 4. The number of hydrogen-bond acceptors (Lipinski definition) is 9. The van der Waals surface area contributed by atoms with E-state index in [9.17, 15) is 19.2 Å². The average molecular weight is 659 g/mol. The number of ether oxygens (including phenoxy) is 5. The molecule has 5 aromatic rings. The maximum Gasteiger partial charge on any atom is 0.343 e. The Morgan fingerprint density at radius 1 is 0.633 bits per heavy atom. The molecule has 9 nitrogen and oxygen atoms in total. The molecule has 49 heavy (non-hydrogen) atoms. The van der Waals surface area contributed by atoms with Crippen LogP contribution >= 0.6 is 0 Å². The Morgan fingerprint density at radius 3 is 1.98 bits per heavy atom. The standard InChI is InChI=1S/C40H34O9/c1-4-26-21-30(39(43)48-34-17-15-33(16-18-34)46-20-8-7-9-38(42)45-6-3)13-19-36(26)49-40(44)29-11-10-27-23-32-25-35(47-37(41)5-2)14-12-28(32)22-31(27)24-29/h5-6,10-19,21-25H,2-4,7-9,20H2,1H3. The second-order valence-electron chi connectivity index (χ2n) is 10.9. The summed E-state index contributed by atoms with van der Waals surface area (Å²) in [5.41, 5.74) is 1.35. The van der Waals surface area contributed by atoms with Crippen molar-refractivity contribution in [1.82, 2.24) is 0 Å². The lowest BCUT2D eigenvalue weighted by Crippen LogP contribution is -2.12. The van der Waals surface area contributed by atoms with Crippen molar-refractivity contribution in [2.75, 3.05) is 6.61 Å². The number of carbonyl (C=O) groups excluding carboxylic acids is 4. The van der Waals surface area contributed by atoms with Crippen LogP contribution in [0.3, 0.4) is 0 Å². The van der Waals surface area contributed by atoms with Crippen molar-refractivity contribution in [2.24, 2.45) is 0 Å². The predicted octanol–water partition coefficient (Wildman–Crippen LogP) is 8.32. The number of aryl methyl sites for hydroxylation is 1. The van der Waals surface area contributed by atoms with Gasteiger partial charge in [0.15, 0.2) is 0 Å². The summed E-state index contributed by atoms with van der Waals surface area (Å²) in [5, 5.41) is 3.53. The van der Waals surface area contributed by atoms with Crippen molar-refractivity contribution in [3.05, 3.63) is 133 Å². The highest BCUT2D eigenvalue weighted by atomic mass is 16.5. The second kappa shape index (κ2) is 16.1. The molecule has 0 unspecified atom stereocenters. The maximum absolute atomic E-state index is 13.2. The summed E-state index contributed by atoms with van der Waals surface area (Å²) in [5.74, 6) is -0.230. The van der Waals surface area contributed by atoms with E-state index in [0.717, 1.165) is 33.9 Å². The normalized spacial score (nSPS) is 10.6. The van der Waals surface area contributed by atoms with Crippen LogP contribution in [0.1, 0.15) is 52.5 Å². The molecule has 0 bridgehead atoms. The number of benzene rings is 5. The first-order chi connectivity index (χ1) is 23.8. The zero-order valence-electron chi connectivity index (χ0n) is 26.9. The summed E-state index contributed by atoms with van der Waals surface area (Å²) in [6.45, 7) is 9.10. The van der Waals surface area contributed by atoms with Crippen LogP contribution in [0.25, 0.3) is 21.5 Å². The molecule has 248 valence electrons. The first-order valence-corrected chi connectivity index (χ1v) is 15.7. The molecule has 0 saturated carbocycles. The van der Waals surface area contributed by atoms with Crippen molar-refractivity contribution < 1.29 is 42.9 Å². The highest BCUT2D eigenvalue weighted by Crippen LogP contribution is 2.29. The molecule has 9 heteroatoms. The van der Waals surface area contributed by atoms with Crippen LogP contribution in [0, 0.1) is 0 Å². The first kappa shape index (κ1) is 34.1. The third-order valence-electron chi connectivity index (χ3n) is 7.56. The fraction of sp³-hybridized carbons (Fsp3) is 0.150. The van der Waals surface area contributed by atoms with Gasteiger partial charge >= 0.3 is 23.9 Å². The molecule has 0 saturated heterocycles. The van der Waals surface area contributed by atoms with E-state index in [2.05, 4.69) is 17.9 Å². The van der Waals surface area contributed by atoms with Crippen molar-refractivity contribution in [3.63, 3.8) is 0 Å². The van der Waals surface area contributed by atoms with Gasteiger partial charge in [-0.3, -0.25) is 4.79 Å². The van der Waals surface area contributed by atoms with E-state index in [1.54, 1.807) is 66.7 Å². The van der Waals surface area contributed by atoms with Gasteiger partial charge in [-0.15, -0.1) is 0 Å². The molecule has 5 rings (SSSR count). The van der Waals surface area contributed by atoms with Gasteiger partial charge in [0, 0.05) is 12.5 Å². The Hall–Kier alpha value is -6.22. The molecule has 0 fully saturated rings. The molecule has 0 aliphatic heterocycles. The van der Waals surface area contributed by atoms with Crippen LogP contribution in [-0.2, 0) is 20.7 Å². The monoisotopic (exact) mass is 658 g/mol. The van der Waals surface area contributed by atoms with Crippen LogP contribution in [0.5, 0.6) is 23.0 Å². The Morgan fingerprint density at radius 2 is 1.27 bits per heavy atom. The summed E-state index contributed by atoms with van der Waals surface area (Å²) in [4.78, 5) is 49.0. The van der Waals surface area contributed by atoms with Gasteiger partial charge in [0.05, 0.1) is 24.0 Å². The van der Waals surface area contributed by atoms with E-state index in [1.165, 1.54) is 0 Å². The molecule has 0 radical (unpaired) electrons. The molecule has 0 N–H and O–H groups in total. The van der Waals surface area contributed by atoms with Gasteiger partial charge < -0.3 is 23.7 Å². The largest absolute Gasteiger partial charge is 0.494 e. The minimum Gasteiger partial charge on any atom is -0.494 e. The van der Waals surface area contributed by atoms with Gasteiger partial charge in [-0.25, -0.2) is 14.4 Å². The average Bonchev–Trinajstić information content (AvgIpc) is 3.11. The first-order valence-electron chi connectivity index (χ1n) is 15.7. The van der Waals surface area contributed by atoms with Crippen LogP contribution in [-0.4, -0.2) is 30.5 Å². The lowest BCUT2D eigenvalue weighted by Gasteiger charge is -2.12. The Kier molecular flexibility index (Phi) is 11.2. The summed E-state index contributed by atoms with van der Waals surface area (Å²) in [7, 11) is 0. The topological polar surface area (TPSA) is 114 Å². The molecule has 0 aromatic heterocycles. The Balaban J connectivity index is 1.19. The Bertz CT molecular complexity index is 2040. The highest BCUT2D eigenvalue weighted by molar-refractivity contribution is 6.02. The maximum atomic E-state index is 13.2. The zero-order chi connectivity index (χ0) is 34.8. The van der Waals surface area contributed by atoms with Gasteiger partial charge in [0.1, 0.15) is 23.0 Å². The number of esters is 4. The number of hydrogen-bond donors (Lipinski definition) is 0. The molecule has 0 spiro atoms. The van der Waals surface area contributed by atoms with Crippen LogP contribution in [0.15, 0.2) is 116 Å². The van der Waals surface area contributed by atoms with E-state index in [4.69, 9.17) is 18.9 Å². The molecular formula is C40H34O9. The minimum absolute atomic E-state index is 0.289. The van der Waals surface area contributed by atoms with Crippen molar-refractivity contribution in [3.8, 4) is 23.0 Å². The van der Waals surface area contributed by atoms with E-state index < -0.39 is 17.9 Å². The summed E-state index contributed by atoms with van der Waals surface area (Å²) in [6, 6.07) is 26.0. The van der Waals surface area contributed by atoms with Crippen molar-refractivity contribution >= 4 is 45.4 Å². The summed E-state index contributed by atoms with van der Waals surface area (Å²) >= 11 is 0.